The second-order valence-corrected chi connectivity index (χ2v) is 8.12. The monoisotopic (exact) mass is 433 g/mol. The summed E-state index contributed by atoms with van der Waals surface area (Å²) in [6, 6.07) is 7.41. The number of fused-ring (bicyclic) bond motifs is 1. The van der Waals surface area contributed by atoms with E-state index in [-0.39, 0.29) is 6.54 Å². The number of pyridine rings is 2. The summed E-state index contributed by atoms with van der Waals surface area (Å²) in [4.78, 5) is 21.9. The molecule has 1 aliphatic rings. The van der Waals surface area contributed by atoms with Crippen molar-refractivity contribution in [1.29, 1.82) is 0 Å². The third kappa shape index (κ3) is 3.58. The Kier molecular flexibility index (Phi) is 4.86. The van der Waals surface area contributed by atoms with Gasteiger partial charge in [-0.1, -0.05) is 6.07 Å². The summed E-state index contributed by atoms with van der Waals surface area (Å²) < 4.78 is 3.45. The van der Waals surface area contributed by atoms with Crippen LogP contribution in [0.25, 0.3) is 28.0 Å². The quantitative estimate of drug-likeness (QED) is 0.509. The molecule has 4 aromatic rings. The van der Waals surface area contributed by atoms with Crippen molar-refractivity contribution in [2.75, 3.05) is 13.1 Å². The van der Waals surface area contributed by atoms with Crippen LogP contribution in [0.3, 0.4) is 0 Å². The summed E-state index contributed by atoms with van der Waals surface area (Å²) in [5.74, 6) is 0.577. The molecule has 0 aliphatic carbocycles. The number of amides is 1. The second kappa shape index (κ2) is 7.72. The summed E-state index contributed by atoms with van der Waals surface area (Å²) in [6.07, 6.45) is 7.51. The molecule has 1 amide bonds. The first-order valence-electron chi connectivity index (χ1n) is 10.4. The van der Waals surface area contributed by atoms with Crippen LogP contribution in [0.2, 0.25) is 0 Å². The van der Waals surface area contributed by atoms with Crippen molar-refractivity contribution >= 4 is 17.0 Å². The highest BCUT2D eigenvalue weighted by atomic mass is 16.4. The first-order chi connectivity index (χ1) is 15.4. The number of hydrogen-bond donors (Lipinski definition) is 2. The van der Waals surface area contributed by atoms with Gasteiger partial charge in [-0.3, -0.25) is 9.67 Å². The average molecular weight is 433 g/mol. The Morgan fingerprint density at radius 3 is 2.78 bits per heavy atom. The van der Waals surface area contributed by atoms with Crippen LogP contribution in [0, 0.1) is 0 Å². The predicted molar refractivity (Wildman–Crippen MR) is 116 cm³/mol. The lowest BCUT2D eigenvalue weighted by molar-refractivity contribution is 0.0173. The van der Waals surface area contributed by atoms with Crippen LogP contribution in [0.4, 0.5) is 4.79 Å². The highest BCUT2D eigenvalue weighted by Gasteiger charge is 2.34. The van der Waals surface area contributed by atoms with E-state index in [1.165, 1.54) is 4.90 Å². The van der Waals surface area contributed by atoms with Crippen molar-refractivity contribution in [1.82, 2.24) is 34.4 Å². The van der Waals surface area contributed by atoms with E-state index in [1.807, 2.05) is 31.4 Å². The summed E-state index contributed by atoms with van der Waals surface area (Å²) in [5.41, 5.74) is 1.85. The number of nitrogens with zero attached hydrogens (tertiary/aromatic N) is 7. The van der Waals surface area contributed by atoms with Gasteiger partial charge in [0.15, 0.2) is 5.82 Å². The molecule has 1 aliphatic heterocycles. The fraction of sp³-hybridized carbons (Fsp3) is 0.318. The Labute approximate surface area is 183 Å². The van der Waals surface area contributed by atoms with Crippen molar-refractivity contribution in [2.24, 2.45) is 7.05 Å². The van der Waals surface area contributed by atoms with Crippen LogP contribution < -0.4 is 0 Å². The second-order valence-electron chi connectivity index (χ2n) is 8.12. The zero-order valence-electron chi connectivity index (χ0n) is 17.6. The van der Waals surface area contributed by atoms with Gasteiger partial charge >= 0.3 is 6.09 Å². The van der Waals surface area contributed by atoms with Crippen LogP contribution in [-0.4, -0.2) is 63.8 Å². The maximum atomic E-state index is 11.3. The molecular formula is C22H23N7O3. The molecule has 164 valence electrons. The molecule has 1 atom stereocenters. The first kappa shape index (κ1) is 20.1. The van der Waals surface area contributed by atoms with Crippen molar-refractivity contribution in [2.45, 2.75) is 24.9 Å². The van der Waals surface area contributed by atoms with Gasteiger partial charge in [-0.2, -0.15) is 10.2 Å². The molecule has 0 radical (unpaired) electrons. The van der Waals surface area contributed by atoms with Gasteiger partial charge in [-0.05, 0) is 37.5 Å². The van der Waals surface area contributed by atoms with E-state index in [9.17, 15) is 15.0 Å². The Morgan fingerprint density at radius 1 is 1.12 bits per heavy atom. The van der Waals surface area contributed by atoms with Gasteiger partial charge in [-0.15, -0.1) is 0 Å². The van der Waals surface area contributed by atoms with Crippen LogP contribution in [0.15, 0.2) is 49.1 Å². The molecule has 10 heteroatoms. The van der Waals surface area contributed by atoms with Gasteiger partial charge in [-0.25, -0.2) is 14.5 Å². The Hall–Kier alpha value is -3.79. The molecule has 5 heterocycles. The highest BCUT2D eigenvalue weighted by molar-refractivity contribution is 5.82. The van der Waals surface area contributed by atoms with Crippen LogP contribution in [-0.2, 0) is 12.6 Å². The Balaban J connectivity index is 1.51. The molecular weight excluding hydrogens is 410 g/mol. The molecule has 10 nitrogen and oxygen atoms in total. The number of carbonyl (C=O) groups is 1. The van der Waals surface area contributed by atoms with Gasteiger partial charge < -0.3 is 15.1 Å². The number of rotatable bonds is 3. The van der Waals surface area contributed by atoms with Crippen LogP contribution >= 0.6 is 0 Å². The van der Waals surface area contributed by atoms with Crippen molar-refractivity contribution in [3.05, 3.63) is 54.7 Å². The van der Waals surface area contributed by atoms with Gasteiger partial charge in [0, 0.05) is 43.5 Å². The van der Waals surface area contributed by atoms with E-state index in [2.05, 4.69) is 15.2 Å². The zero-order chi connectivity index (χ0) is 22.3. The standard InChI is InChI=1S/C22H23N7O3/c1-27-14-16(13-24-27)17-10-18-15(11-23-17)12-25-29(18)20-5-2-4-19(26-20)22(32)6-3-8-28(9-7-22)21(30)31/h2,4-5,10-14,32H,3,6-9H2,1H3,(H,30,31). The molecule has 0 spiro atoms. The van der Waals surface area contributed by atoms with E-state index in [0.717, 1.165) is 22.2 Å². The van der Waals surface area contributed by atoms with E-state index in [4.69, 9.17) is 4.98 Å². The number of carboxylic acid groups (broad SMARTS) is 1. The minimum absolute atomic E-state index is 0.266. The minimum Gasteiger partial charge on any atom is -0.465 e. The molecule has 0 aromatic carbocycles. The summed E-state index contributed by atoms with van der Waals surface area (Å²) in [7, 11) is 1.86. The summed E-state index contributed by atoms with van der Waals surface area (Å²) >= 11 is 0. The van der Waals surface area contributed by atoms with Gasteiger partial charge in [0.05, 0.1) is 29.3 Å². The normalized spacial score (nSPS) is 19.2. The molecule has 1 fully saturated rings. The fourth-order valence-electron chi connectivity index (χ4n) is 4.18. The molecule has 32 heavy (non-hydrogen) atoms. The van der Waals surface area contributed by atoms with Crippen LogP contribution in [0.1, 0.15) is 25.0 Å². The predicted octanol–water partition coefficient (Wildman–Crippen LogP) is 2.57. The molecule has 1 saturated heterocycles. The summed E-state index contributed by atoms with van der Waals surface area (Å²) in [6.45, 7) is 0.674. The fourth-order valence-corrected chi connectivity index (χ4v) is 4.18. The maximum Gasteiger partial charge on any atom is 0.407 e. The Bertz CT molecular complexity index is 1300. The van der Waals surface area contributed by atoms with Gasteiger partial charge in [0.25, 0.3) is 0 Å². The number of aryl methyl sites for hydroxylation is 1. The lowest BCUT2D eigenvalue weighted by Crippen LogP contribution is -2.33. The van der Waals surface area contributed by atoms with Gasteiger partial charge in [0.1, 0.15) is 5.60 Å². The van der Waals surface area contributed by atoms with E-state index < -0.39 is 11.7 Å². The van der Waals surface area contributed by atoms with Crippen molar-refractivity contribution in [3.8, 4) is 17.1 Å². The smallest absolute Gasteiger partial charge is 0.407 e. The van der Waals surface area contributed by atoms with Crippen molar-refractivity contribution in [3.63, 3.8) is 0 Å². The lowest BCUT2D eigenvalue weighted by atomic mass is 9.90. The number of aromatic nitrogens is 6. The lowest BCUT2D eigenvalue weighted by Gasteiger charge is -2.26. The maximum absolute atomic E-state index is 11.3. The molecule has 0 saturated carbocycles. The zero-order valence-corrected chi connectivity index (χ0v) is 17.6. The molecule has 4 aromatic heterocycles. The number of likely N-dealkylation sites (tertiary alicyclic amines) is 1. The van der Waals surface area contributed by atoms with Gasteiger partial charge in [0.2, 0.25) is 0 Å². The summed E-state index contributed by atoms with van der Waals surface area (Å²) in [5, 5.41) is 30.2. The van der Waals surface area contributed by atoms with E-state index in [0.29, 0.717) is 37.3 Å². The molecule has 2 N–H and O–H groups in total. The number of aliphatic hydroxyl groups is 1. The third-order valence-corrected chi connectivity index (χ3v) is 5.97. The van der Waals surface area contributed by atoms with E-state index in [1.54, 1.807) is 34.0 Å². The molecule has 0 bridgehead atoms. The van der Waals surface area contributed by atoms with Crippen molar-refractivity contribution < 1.29 is 15.0 Å². The SMILES string of the molecule is Cn1cc(-c2cc3c(cn2)cnn3-c2cccc(C3(O)CCCN(C(=O)O)CC3)n2)cn1. The van der Waals surface area contributed by atoms with Crippen LogP contribution in [0.5, 0.6) is 0 Å². The largest absolute Gasteiger partial charge is 0.465 e. The topological polar surface area (TPSA) is 122 Å². The Morgan fingerprint density at radius 2 is 2.00 bits per heavy atom. The van der Waals surface area contributed by atoms with E-state index >= 15 is 0 Å². The molecule has 1 unspecified atom stereocenters. The third-order valence-electron chi connectivity index (χ3n) is 5.97. The molecule has 5 rings (SSSR count). The average Bonchev–Trinajstić information content (AvgIpc) is 3.35. The first-order valence-corrected chi connectivity index (χ1v) is 10.4. The number of hydrogen-bond acceptors (Lipinski definition) is 6. The minimum atomic E-state index is -1.19. The highest BCUT2D eigenvalue weighted by Crippen LogP contribution is 2.32.